The zero-order chi connectivity index (χ0) is 11.4. The zero-order valence-corrected chi connectivity index (χ0v) is 10.4. The summed E-state index contributed by atoms with van der Waals surface area (Å²) in [6.07, 6.45) is 0.266. The lowest BCUT2D eigenvalue weighted by Gasteiger charge is -2.40. The lowest BCUT2D eigenvalue weighted by molar-refractivity contribution is 0.0276. The van der Waals surface area contributed by atoms with Gasteiger partial charge in [0.05, 0.1) is 12.7 Å². The fourth-order valence-corrected chi connectivity index (χ4v) is 1.92. The second-order valence-electron chi connectivity index (χ2n) is 4.86. The van der Waals surface area contributed by atoms with Crippen molar-refractivity contribution >= 4 is 0 Å². The van der Waals surface area contributed by atoms with Crippen LogP contribution in [-0.2, 0) is 4.74 Å². The summed E-state index contributed by atoms with van der Waals surface area (Å²) in [5.74, 6) is 0. The molecule has 0 aromatic heterocycles. The Bertz CT molecular complexity index is 187. The van der Waals surface area contributed by atoms with E-state index in [0.717, 1.165) is 19.6 Å². The second-order valence-corrected chi connectivity index (χ2v) is 4.86. The van der Waals surface area contributed by atoms with Crippen LogP contribution < -0.4 is 5.73 Å². The number of ether oxygens (including phenoxy) is 1. The molecule has 0 aliphatic carbocycles. The van der Waals surface area contributed by atoms with Crippen molar-refractivity contribution in [3.05, 3.63) is 0 Å². The number of hydrogen-bond acceptors (Lipinski definition) is 4. The summed E-state index contributed by atoms with van der Waals surface area (Å²) < 4.78 is 5.57. The SMILES string of the molecule is CC(C)OCC(N)C1CN(C)CCN1C. The van der Waals surface area contributed by atoms with Crippen LogP contribution in [0.1, 0.15) is 13.8 Å². The van der Waals surface area contributed by atoms with Crippen LogP contribution in [0.4, 0.5) is 0 Å². The van der Waals surface area contributed by atoms with Gasteiger partial charge in [-0.1, -0.05) is 0 Å². The minimum Gasteiger partial charge on any atom is -0.377 e. The van der Waals surface area contributed by atoms with E-state index in [1.165, 1.54) is 0 Å². The molecule has 0 aromatic rings. The van der Waals surface area contributed by atoms with Gasteiger partial charge in [-0.15, -0.1) is 0 Å². The Labute approximate surface area is 93.4 Å². The Hall–Kier alpha value is -0.160. The molecule has 4 heteroatoms. The quantitative estimate of drug-likeness (QED) is 0.716. The van der Waals surface area contributed by atoms with Crippen molar-refractivity contribution in [3.63, 3.8) is 0 Å². The number of hydrogen-bond donors (Lipinski definition) is 1. The van der Waals surface area contributed by atoms with Gasteiger partial charge in [-0.3, -0.25) is 4.90 Å². The first-order valence-corrected chi connectivity index (χ1v) is 5.76. The smallest absolute Gasteiger partial charge is 0.0636 e. The molecule has 0 radical (unpaired) electrons. The minimum absolute atomic E-state index is 0.111. The molecule has 0 aromatic carbocycles. The number of rotatable bonds is 4. The van der Waals surface area contributed by atoms with Gasteiger partial charge >= 0.3 is 0 Å². The number of piperazine rings is 1. The summed E-state index contributed by atoms with van der Waals surface area (Å²) >= 11 is 0. The summed E-state index contributed by atoms with van der Waals surface area (Å²) in [7, 11) is 4.29. The third kappa shape index (κ3) is 4.07. The molecule has 4 nitrogen and oxygen atoms in total. The van der Waals surface area contributed by atoms with E-state index in [1.54, 1.807) is 0 Å². The Balaban J connectivity index is 2.38. The van der Waals surface area contributed by atoms with Gasteiger partial charge in [0.2, 0.25) is 0 Å². The minimum atomic E-state index is 0.111. The predicted octanol–water partition coefficient (Wildman–Crippen LogP) is -0.0155. The van der Waals surface area contributed by atoms with E-state index in [2.05, 4.69) is 23.9 Å². The topological polar surface area (TPSA) is 41.7 Å². The van der Waals surface area contributed by atoms with Crippen molar-refractivity contribution in [2.45, 2.75) is 32.0 Å². The van der Waals surface area contributed by atoms with Crippen molar-refractivity contribution in [3.8, 4) is 0 Å². The van der Waals surface area contributed by atoms with Gasteiger partial charge in [0, 0.05) is 31.7 Å². The Morgan fingerprint density at radius 2 is 2.00 bits per heavy atom. The average molecular weight is 215 g/mol. The van der Waals surface area contributed by atoms with Crippen LogP contribution >= 0.6 is 0 Å². The molecule has 2 N–H and O–H groups in total. The van der Waals surface area contributed by atoms with Crippen molar-refractivity contribution in [1.29, 1.82) is 0 Å². The molecule has 2 unspecified atom stereocenters. The van der Waals surface area contributed by atoms with Crippen LogP contribution in [-0.4, -0.2) is 68.3 Å². The van der Waals surface area contributed by atoms with E-state index in [-0.39, 0.29) is 12.1 Å². The van der Waals surface area contributed by atoms with Crippen LogP contribution in [0.2, 0.25) is 0 Å². The van der Waals surface area contributed by atoms with Gasteiger partial charge in [0.1, 0.15) is 0 Å². The molecular weight excluding hydrogens is 190 g/mol. The molecule has 1 fully saturated rings. The summed E-state index contributed by atoms with van der Waals surface area (Å²) in [6.45, 7) is 8.01. The monoisotopic (exact) mass is 215 g/mol. The molecule has 0 saturated carbocycles. The fourth-order valence-electron chi connectivity index (χ4n) is 1.92. The largest absolute Gasteiger partial charge is 0.377 e. The molecule has 1 aliphatic heterocycles. The second kappa shape index (κ2) is 5.80. The summed E-state index contributed by atoms with van der Waals surface area (Å²) in [5, 5.41) is 0. The highest BCUT2D eigenvalue weighted by atomic mass is 16.5. The van der Waals surface area contributed by atoms with Gasteiger partial charge in [-0.2, -0.15) is 0 Å². The first-order valence-electron chi connectivity index (χ1n) is 5.76. The van der Waals surface area contributed by atoms with E-state index in [0.29, 0.717) is 12.6 Å². The predicted molar refractivity (Wildman–Crippen MR) is 63.0 cm³/mol. The molecule has 1 rings (SSSR count). The molecule has 90 valence electrons. The van der Waals surface area contributed by atoms with Crippen LogP contribution in [0.3, 0.4) is 0 Å². The van der Waals surface area contributed by atoms with Crippen molar-refractivity contribution < 1.29 is 4.74 Å². The summed E-state index contributed by atoms with van der Waals surface area (Å²) in [4.78, 5) is 4.67. The summed E-state index contributed by atoms with van der Waals surface area (Å²) in [6, 6.07) is 0.530. The Morgan fingerprint density at radius 1 is 1.33 bits per heavy atom. The average Bonchev–Trinajstić information content (AvgIpc) is 2.18. The van der Waals surface area contributed by atoms with Gasteiger partial charge in [0.15, 0.2) is 0 Å². The standard InChI is InChI=1S/C11H25N3O/c1-9(2)15-8-10(12)11-7-13(3)5-6-14(11)4/h9-11H,5-8,12H2,1-4H3. The maximum atomic E-state index is 6.16. The molecule has 0 bridgehead atoms. The van der Waals surface area contributed by atoms with Crippen LogP contribution in [0.15, 0.2) is 0 Å². The van der Waals surface area contributed by atoms with E-state index in [4.69, 9.17) is 10.5 Å². The van der Waals surface area contributed by atoms with Gasteiger partial charge in [0.25, 0.3) is 0 Å². The highest BCUT2D eigenvalue weighted by molar-refractivity contribution is 4.86. The summed E-state index contributed by atoms with van der Waals surface area (Å²) in [5.41, 5.74) is 6.16. The molecule has 1 aliphatic rings. The normalized spacial score (nSPS) is 27.2. The molecule has 1 heterocycles. The maximum absolute atomic E-state index is 6.16. The third-order valence-electron chi connectivity index (χ3n) is 3.02. The zero-order valence-electron chi connectivity index (χ0n) is 10.4. The van der Waals surface area contributed by atoms with Gasteiger partial charge < -0.3 is 15.4 Å². The van der Waals surface area contributed by atoms with Crippen LogP contribution in [0.5, 0.6) is 0 Å². The van der Waals surface area contributed by atoms with Gasteiger partial charge in [-0.05, 0) is 27.9 Å². The molecule has 2 atom stereocenters. The number of nitrogens with two attached hydrogens (primary N) is 1. The van der Waals surface area contributed by atoms with E-state index in [9.17, 15) is 0 Å². The van der Waals surface area contributed by atoms with E-state index < -0.39 is 0 Å². The van der Waals surface area contributed by atoms with Crippen LogP contribution in [0, 0.1) is 0 Å². The Morgan fingerprint density at radius 3 is 2.60 bits per heavy atom. The van der Waals surface area contributed by atoms with E-state index >= 15 is 0 Å². The van der Waals surface area contributed by atoms with Crippen molar-refractivity contribution in [2.75, 3.05) is 40.3 Å². The molecule has 0 amide bonds. The van der Waals surface area contributed by atoms with E-state index in [1.807, 2.05) is 13.8 Å². The van der Waals surface area contributed by atoms with Crippen molar-refractivity contribution in [2.24, 2.45) is 5.73 Å². The van der Waals surface area contributed by atoms with Gasteiger partial charge in [-0.25, -0.2) is 0 Å². The Kier molecular flexibility index (Phi) is 4.99. The number of nitrogens with zero attached hydrogens (tertiary/aromatic N) is 2. The lowest BCUT2D eigenvalue weighted by atomic mass is 10.1. The first kappa shape index (κ1) is 12.9. The maximum Gasteiger partial charge on any atom is 0.0636 e. The highest BCUT2D eigenvalue weighted by Gasteiger charge is 2.27. The van der Waals surface area contributed by atoms with Crippen molar-refractivity contribution in [1.82, 2.24) is 9.80 Å². The third-order valence-corrected chi connectivity index (χ3v) is 3.02. The molecule has 15 heavy (non-hydrogen) atoms. The highest BCUT2D eigenvalue weighted by Crippen LogP contribution is 2.09. The van der Waals surface area contributed by atoms with Crippen LogP contribution in [0.25, 0.3) is 0 Å². The fraction of sp³-hybridized carbons (Fsp3) is 1.00. The lowest BCUT2D eigenvalue weighted by Crippen LogP contribution is -2.58. The number of likely N-dealkylation sites (N-methyl/N-ethyl adjacent to an activating group) is 2. The molecular formula is C11H25N3O. The molecule has 0 spiro atoms. The first-order chi connectivity index (χ1) is 7.00. The molecule has 1 saturated heterocycles.